The minimum Gasteiger partial charge on any atom is -0.422 e. The van der Waals surface area contributed by atoms with Gasteiger partial charge < -0.3 is 19.7 Å². The number of halogens is 2. The number of nitrogens with zero attached hydrogens (tertiary/aromatic N) is 1. The normalized spacial score (nSPS) is 28.5. The molecule has 0 bridgehead atoms. The van der Waals surface area contributed by atoms with E-state index in [0.717, 1.165) is 17.0 Å². The molecule has 0 unspecified atom stereocenters. The molecule has 6 nitrogen and oxygen atoms in total. The van der Waals surface area contributed by atoms with Gasteiger partial charge in [0.25, 0.3) is 0 Å². The fraction of sp³-hybridized carbons (Fsp3) is 0.500. The molecule has 0 radical (unpaired) electrons. The Balaban J connectivity index is 2.39. The van der Waals surface area contributed by atoms with Crippen LogP contribution in [0, 0.1) is 11.6 Å². The van der Waals surface area contributed by atoms with E-state index in [1.54, 1.807) is 6.92 Å². The Morgan fingerprint density at radius 2 is 2.00 bits per heavy atom. The van der Waals surface area contributed by atoms with Crippen molar-refractivity contribution in [3.63, 3.8) is 0 Å². The zero-order valence-electron chi connectivity index (χ0n) is 12.1. The molecular formula is C14H17F2NO5. The van der Waals surface area contributed by atoms with Gasteiger partial charge in [0.2, 0.25) is 5.79 Å². The van der Waals surface area contributed by atoms with Gasteiger partial charge in [0, 0.05) is 11.6 Å². The second-order valence-corrected chi connectivity index (χ2v) is 5.14. The second-order valence-electron chi connectivity index (χ2n) is 5.14. The maximum Gasteiger partial charge on any atom is 0.412 e. The van der Waals surface area contributed by atoms with Gasteiger partial charge in [-0.15, -0.1) is 0 Å². The number of benzene rings is 1. The summed E-state index contributed by atoms with van der Waals surface area (Å²) in [5.41, 5.74) is -0.147. The summed E-state index contributed by atoms with van der Waals surface area (Å²) >= 11 is 0. The maximum absolute atomic E-state index is 13.4. The first-order chi connectivity index (χ1) is 10.3. The Kier molecular flexibility index (Phi) is 4.64. The molecule has 0 saturated carbocycles. The third kappa shape index (κ3) is 2.90. The first kappa shape index (κ1) is 16.6. The van der Waals surface area contributed by atoms with Crippen molar-refractivity contribution in [2.75, 3.05) is 13.4 Å². The van der Waals surface area contributed by atoms with Crippen molar-refractivity contribution in [1.29, 1.82) is 0 Å². The monoisotopic (exact) mass is 317 g/mol. The summed E-state index contributed by atoms with van der Waals surface area (Å²) in [7, 11) is 0. The number of ether oxygens (including phenoxy) is 2. The van der Waals surface area contributed by atoms with Crippen LogP contribution in [0.15, 0.2) is 18.2 Å². The van der Waals surface area contributed by atoms with Gasteiger partial charge in [-0.3, -0.25) is 4.90 Å². The lowest BCUT2D eigenvalue weighted by Gasteiger charge is -2.47. The van der Waals surface area contributed by atoms with Gasteiger partial charge in [0.1, 0.15) is 11.6 Å². The highest BCUT2D eigenvalue weighted by atomic mass is 19.1. The van der Waals surface area contributed by atoms with Crippen LogP contribution in [0.25, 0.3) is 0 Å². The van der Waals surface area contributed by atoms with Crippen molar-refractivity contribution in [2.45, 2.75) is 31.7 Å². The Bertz CT molecular complexity index is 550. The molecule has 0 spiro atoms. The Labute approximate surface area is 125 Å². The van der Waals surface area contributed by atoms with E-state index in [0.29, 0.717) is 6.07 Å². The Morgan fingerprint density at radius 3 is 2.55 bits per heavy atom. The van der Waals surface area contributed by atoms with Gasteiger partial charge >= 0.3 is 6.09 Å². The fourth-order valence-corrected chi connectivity index (χ4v) is 2.57. The first-order valence-electron chi connectivity index (χ1n) is 6.68. The van der Waals surface area contributed by atoms with Crippen LogP contribution in [0.2, 0.25) is 0 Å². The molecule has 0 aliphatic carbocycles. The predicted molar refractivity (Wildman–Crippen MR) is 70.5 cm³/mol. The molecule has 1 saturated heterocycles. The third-order valence-electron chi connectivity index (χ3n) is 3.68. The molecule has 22 heavy (non-hydrogen) atoms. The van der Waals surface area contributed by atoms with Crippen LogP contribution >= 0.6 is 0 Å². The lowest BCUT2D eigenvalue weighted by Crippen LogP contribution is -2.62. The smallest absolute Gasteiger partial charge is 0.412 e. The Hall–Kier alpha value is -1.77. The molecule has 1 aliphatic rings. The van der Waals surface area contributed by atoms with E-state index in [1.165, 1.54) is 6.92 Å². The average molecular weight is 317 g/mol. The van der Waals surface area contributed by atoms with Crippen LogP contribution in [-0.2, 0) is 15.3 Å². The highest BCUT2D eigenvalue weighted by Gasteiger charge is 2.48. The van der Waals surface area contributed by atoms with Gasteiger partial charge in [-0.25, -0.2) is 13.6 Å². The summed E-state index contributed by atoms with van der Waals surface area (Å²) in [4.78, 5) is 13.1. The fourth-order valence-electron chi connectivity index (χ4n) is 2.57. The van der Waals surface area contributed by atoms with Gasteiger partial charge in [-0.2, -0.15) is 0 Å². The van der Waals surface area contributed by atoms with Gasteiger partial charge in [-0.05, 0) is 26.0 Å². The summed E-state index contributed by atoms with van der Waals surface area (Å²) in [5.74, 6) is -3.84. The number of morpholine rings is 1. The lowest BCUT2D eigenvalue weighted by molar-refractivity contribution is -0.280. The number of amides is 1. The molecule has 1 aromatic carbocycles. The molecule has 1 heterocycles. The van der Waals surface area contributed by atoms with E-state index >= 15 is 0 Å². The lowest BCUT2D eigenvalue weighted by atomic mass is 9.94. The van der Waals surface area contributed by atoms with E-state index in [2.05, 4.69) is 4.74 Å². The van der Waals surface area contributed by atoms with Crippen LogP contribution < -0.4 is 0 Å². The van der Waals surface area contributed by atoms with Crippen molar-refractivity contribution in [3.8, 4) is 0 Å². The van der Waals surface area contributed by atoms with Crippen molar-refractivity contribution < 1.29 is 33.3 Å². The minimum atomic E-state index is -2.09. The van der Waals surface area contributed by atoms with Crippen molar-refractivity contribution in [1.82, 2.24) is 4.90 Å². The summed E-state index contributed by atoms with van der Waals surface area (Å²) in [6, 6.07) is 1.10. The Morgan fingerprint density at radius 1 is 1.41 bits per heavy atom. The highest BCUT2D eigenvalue weighted by molar-refractivity contribution is 5.68. The van der Waals surface area contributed by atoms with Gasteiger partial charge in [0.05, 0.1) is 18.7 Å². The van der Waals surface area contributed by atoms with Crippen LogP contribution in [0.3, 0.4) is 0 Å². The SMILES string of the molecule is C[C@@H]1CO[C@@](O)(c2cc(F)cc(F)c2)[C@H](C)N1C(=O)OCO. The summed E-state index contributed by atoms with van der Waals surface area (Å²) in [6.07, 6.45) is -0.860. The third-order valence-corrected chi connectivity index (χ3v) is 3.68. The van der Waals surface area contributed by atoms with Gasteiger partial charge in [-0.1, -0.05) is 0 Å². The molecule has 1 fully saturated rings. The number of aliphatic hydroxyl groups is 2. The predicted octanol–water partition coefficient (Wildman–Crippen LogP) is 1.31. The molecular weight excluding hydrogens is 300 g/mol. The van der Waals surface area contributed by atoms with Crippen LogP contribution in [-0.4, -0.2) is 46.7 Å². The number of hydrogen-bond donors (Lipinski definition) is 2. The standard InChI is InChI=1S/C14H17F2NO5/c1-8-6-22-14(20,9(2)17(8)13(19)21-7-18)10-3-11(15)5-12(16)4-10/h3-5,8-9,18,20H,6-7H2,1-2H3/t8-,9+,14-/m1/s1. The number of carbonyl (C=O) groups is 1. The molecule has 2 N–H and O–H groups in total. The van der Waals surface area contributed by atoms with Crippen LogP contribution in [0.1, 0.15) is 19.4 Å². The highest BCUT2D eigenvalue weighted by Crippen LogP contribution is 2.36. The molecule has 1 aromatic rings. The zero-order chi connectivity index (χ0) is 16.5. The van der Waals surface area contributed by atoms with E-state index < -0.39 is 42.4 Å². The topological polar surface area (TPSA) is 79.2 Å². The molecule has 122 valence electrons. The first-order valence-corrected chi connectivity index (χ1v) is 6.68. The maximum atomic E-state index is 13.4. The molecule has 2 rings (SSSR count). The van der Waals surface area contributed by atoms with E-state index in [1.807, 2.05) is 0 Å². The van der Waals surface area contributed by atoms with E-state index in [9.17, 15) is 18.7 Å². The van der Waals surface area contributed by atoms with Gasteiger partial charge in [0.15, 0.2) is 6.79 Å². The number of hydrogen-bond acceptors (Lipinski definition) is 5. The number of aliphatic hydroxyl groups excluding tert-OH is 1. The molecule has 8 heteroatoms. The second kappa shape index (κ2) is 6.15. The van der Waals surface area contributed by atoms with Crippen LogP contribution in [0.5, 0.6) is 0 Å². The van der Waals surface area contributed by atoms with E-state index in [4.69, 9.17) is 9.84 Å². The molecule has 3 atom stereocenters. The summed E-state index contributed by atoms with van der Waals surface area (Å²) < 4.78 is 36.7. The molecule has 1 aliphatic heterocycles. The van der Waals surface area contributed by atoms with Crippen LogP contribution in [0.4, 0.5) is 13.6 Å². The minimum absolute atomic E-state index is 0.0699. The molecule has 1 amide bonds. The quantitative estimate of drug-likeness (QED) is 0.804. The van der Waals surface area contributed by atoms with E-state index in [-0.39, 0.29) is 12.2 Å². The zero-order valence-corrected chi connectivity index (χ0v) is 12.1. The average Bonchev–Trinajstić information content (AvgIpc) is 2.43. The number of carbonyl (C=O) groups excluding carboxylic acids is 1. The van der Waals surface area contributed by atoms with Crippen molar-refractivity contribution in [3.05, 3.63) is 35.4 Å². The largest absolute Gasteiger partial charge is 0.422 e. The number of rotatable bonds is 2. The summed E-state index contributed by atoms with van der Waals surface area (Å²) in [5, 5.41) is 19.4. The molecule has 0 aromatic heterocycles. The van der Waals surface area contributed by atoms with Crippen molar-refractivity contribution >= 4 is 6.09 Å². The summed E-state index contributed by atoms with van der Waals surface area (Å²) in [6.45, 7) is 2.22. The van der Waals surface area contributed by atoms with Crippen molar-refractivity contribution in [2.24, 2.45) is 0 Å².